The first-order valence-corrected chi connectivity index (χ1v) is 7.45. The molecular weight excluding hydrogens is 325 g/mol. The van der Waals surface area contributed by atoms with E-state index >= 15 is 0 Å². The van der Waals surface area contributed by atoms with Gasteiger partial charge in [-0.2, -0.15) is 13.2 Å². The molecule has 2 rings (SSSR count). The number of halogens is 3. The lowest BCUT2D eigenvalue weighted by Gasteiger charge is -2.22. The van der Waals surface area contributed by atoms with Crippen LogP contribution in [0.2, 0.25) is 0 Å². The summed E-state index contributed by atoms with van der Waals surface area (Å²) in [5.41, 5.74) is 0.0491. The number of hydrogen-bond donors (Lipinski definition) is 0. The highest BCUT2D eigenvalue weighted by Crippen LogP contribution is 2.33. The zero-order valence-electron chi connectivity index (χ0n) is 13.7. The number of nitrogens with zero attached hydrogens (tertiary/aromatic N) is 4. The number of amides is 1. The van der Waals surface area contributed by atoms with Gasteiger partial charge in [-0.1, -0.05) is 5.16 Å². The van der Waals surface area contributed by atoms with Crippen LogP contribution in [0.4, 0.5) is 23.7 Å². The van der Waals surface area contributed by atoms with Crippen LogP contribution in [0.1, 0.15) is 31.0 Å². The number of alkyl halides is 3. The molecule has 0 saturated carbocycles. The lowest BCUT2D eigenvalue weighted by Crippen LogP contribution is -2.23. The molecule has 0 bridgehead atoms. The molecule has 132 valence electrons. The van der Waals surface area contributed by atoms with E-state index in [1.165, 1.54) is 25.9 Å². The van der Waals surface area contributed by atoms with Crippen molar-refractivity contribution in [3.63, 3.8) is 0 Å². The van der Waals surface area contributed by atoms with E-state index < -0.39 is 17.8 Å². The fourth-order valence-electron chi connectivity index (χ4n) is 2.32. The summed E-state index contributed by atoms with van der Waals surface area (Å²) >= 11 is 0. The molecule has 0 N–H and O–H groups in total. The minimum Gasteiger partial charge on any atom is -0.370 e. The molecule has 0 radical (unpaired) electrons. The van der Waals surface area contributed by atoms with Crippen molar-refractivity contribution in [3.05, 3.63) is 23.5 Å². The van der Waals surface area contributed by atoms with Gasteiger partial charge in [0.25, 0.3) is 0 Å². The van der Waals surface area contributed by atoms with Crippen LogP contribution in [0, 0.1) is 0 Å². The van der Waals surface area contributed by atoms with Gasteiger partial charge in [-0.15, -0.1) is 0 Å². The quantitative estimate of drug-likeness (QED) is 0.480. The smallest absolute Gasteiger partial charge is 0.370 e. The predicted octanol–water partition coefficient (Wildman–Crippen LogP) is 3.12. The van der Waals surface area contributed by atoms with Crippen molar-refractivity contribution in [2.24, 2.45) is 5.16 Å². The van der Waals surface area contributed by atoms with Gasteiger partial charge in [-0.3, -0.25) is 9.82 Å². The van der Waals surface area contributed by atoms with Gasteiger partial charge in [-0.05, 0) is 25.8 Å². The SMILES string of the molecule is C/C(=N/OC(=O)N(C)C)c1ncc(C(F)(F)F)cc1N1CCCC1. The van der Waals surface area contributed by atoms with Gasteiger partial charge < -0.3 is 9.80 Å². The second-order valence-electron chi connectivity index (χ2n) is 5.71. The van der Waals surface area contributed by atoms with Crippen molar-refractivity contribution in [1.29, 1.82) is 0 Å². The topological polar surface area (TPSA) is 58.0 Å². The lowest BCUT2D eigenvalue weighted by atomic mass is 10.1. The molecule has 0 unspecified atom stereocenters. The molecule has 2 heterocycles. The number of hydrogen-bond acceptors (Lipinski definition) is 5. The second-order valence-corrected chi connectivity index (χ2v) is 5.71. The first kappa shape index (κ1) is 18.0. The highest BCUT2D eigenvalue weighted by Gasteiger charge is 2.33. The van der Waals surface area contributed by atoms with Gasteiger partial charge in [0, 0.05) is 33.4 Å². The van der Waals surface area contributed by atoms with Crippen molar-refractivity contribution < 1.29 is 22.8 Å². The number of aromatic nitrogens is 1. The first-order valence-electron chi connectivity index (χ1n) is 7.45. The van der Waals surface area contributed by atoms with E-state index in [0.717, 1.165) is 25.1 Å². The Morgan fingerprint density at radius 2 is 1.96 bits per heavy atom. The number of carbonyl (C=O) groups excluding carboxylic acids is 1. The first-order chi connectivity index (χ1) is 11.2. The van der Waals surface area contributed by atoms with Crippen LogP contribution in [0.3, 0.4) is 0 Å². The third-order valence-electron chi connectivity index (χ3n) is 3.61. The van der Waals surface area contributed by atoms with E-state index in [1.54, 1.807) is 0 Å². The number of anilines is 1. The molecule has 1 aromatic heterocycles. The van der Waals surface area contributed by atoms with Crippen molar-refractivity contribution in [3.8, 4) is 0 Å². The molecule has 1 aliphatic heterocycles. The van der Waals surface area contributed by atoms with Crippen LogP contribution < -0.4 is 4.90 Å². The molecule has 1 fully saturated rings. The molecule has 0 atom stereocenters. The third kappa shape index (κ3) is 4.15. The predicted molar refractivity (Wildman–Crippen MR) is 83.1 cm³/mol. The average molecular weight is 344 g/mol. The monoisotopic (exact) mass is 344 g/mol. The van der Waals surface area contributed by atoms with Gasteiger partial charge in [0.15, 0.2) is 0 Å². The Morgan fingerprint density at radius 3 is 2.50 bits per heavy atom. The molecular formula is C15H19F3N4O2. The van der Waals surface area contributed by atoms with Crippen LogP contribution in [-0.4, -0.2) is 48.9 Å². The van der Waals surface area contributed by atoms with Crippen LogP contribution in [0.25, 0.3) is 0 Å². The third-order valence-corrected chi connectivity index (χ3v) is 3.61. The minimum atomic E-state index is -4.47. The number of oxime groups is 1. The molecule has 6 nitrogen and oxygen atoms in total. The standard InChI is InChI=1S/C15H19F3N4O2/c1-10(20-24-14(23)21(2)3)13-12(22-6-4-5-7-22)8-11(9-19-13)15(16,17)18/h8-9H,4-7H2,1-3H3/b20-10-. The Labute approximate surface area is 137 Å². The Hall–Kier alpha value is -2.32. The number of pyridine rings is 1. The Balaban J connectivity index is 2.37. The fraction of sp³-hybridized carbons (Fsp3) is 0.533. The van der Waals surface area contributed by atoms with Crippen molar-refractivity contribution in [2.45, 2.75) is 25.9 Å². The molecule has 1 amide bonds. The van der Waals surface area contributed by atoms with Gasteiger partial charge in [0.2, 0.25) is 0 Å². The fourth-order valence-corrected chi connectivity index (χ4v) is 2.32. The maximum absolute atomic E-state index is 13.0. The van der Waals surface area contributed by atoms with Crippen LogP contribution in [-0.2, 0) is 11.0 Å². The zero-order chi connectivity index (χ0) is 17.9. The summed E-state index contributed by atoms with van der Waals surface area (Å²) in [6.45, 7) is 2.85. The van der Waals surface area contributed by atoms with E-state index in [9.17, 15) is 18.0 Å². The Morgan fingerprint density at radius 1 is 1.33 bits per heavy atom. The number of carbonyl (C=O) groups is 1. The van der Waals surface area contributed by atoms with Gasteiger partial charge >= 0.3 is 12.3 Å². The van der Waals surface area contributed by atoms with E-state index in [2.05, 4.69) is 10.1 Å². The number of rotatable bonds is 3. The minimum absolute atomic E-state index is 0.237. The lowest BCUT2D eigenvalue weighted by molar-refractivity contribution is -0.137. The normalized spacial score (nSPS) is 15.6. The van der Waals surface area contributed by atoms with E-state index in [1.807, 2.05) is 4.90 Å². The van der Waals surface area contributed by atoms with Gasteiger partial charge in [-0.25, -0.2) is 4.79 Å². The summed E-state index contributed by atoms with van der Waals surface area (Å²) in [7, 11) is 3.00. The Kier molecular flexibility index (Phi) is 5.30. The van der Waals surface area contributed by atoms with E-state index in [0.29, 0.717) is 18.8 Å². The molecule has 1 aromatic rings. The summed E-state index contributed by atoms with van der Waals surface area (Å²) in [5, 5.41) is 3.69. The van der Waals surface area contributed by atoms with Crippen LogP contribution >= 0.6 is 0 Å². The van der Waals surface area contributed by atoms with Crippen molar-refractivity contribution in [1.82, 2.24) is 9.88 Å². The van der Waals surface area contributed by atoms with Crippen molar-refractivity contribution in [2.75, 3.05) is 32.1 Å². The highest BCUT2D eigenvalue weighted by atomic mass is 19.4. The highest BCUT2D eigenvalue weighted by molar-refractivity contribution is 6.01. The van der Waals surface area contributed by atoms with E-state index in [4.69, 9.17) is 4.84 Å². The van der Waals surface area contributed by atoms with E-state index in [-0.39, 0.29) is 11.4 Å². The summed E-state index contributed by atoms with van der Waals surface area (Å²) in [6.07, 6.45) is -2.57. The average Bonchev–Trinajstić information content (AvgIpc) is 3.04. The second kappa shape index (κ2) is 7.06. The molecule has 1 aliphatic rings. The van der Waals surface area contributed by atoms with Gasteiger partial charge in [0.1, 0.15) is 11.4 Å². The summed E-state index contributed by atoms with van der Waals surface area (Å²) < 4.78 is 38.9. The van der Waals surface area contributed by atoms with Gasteiger partial charge in [0.05, 0.1) is 11.3 Å². The Bertz CT molecular complexity index is 638. The maximum atomic E-state index is 13.0. The van der Waals surface area contributed by atoms with Crippen LogP contribution in [0.5, 0.6) is 0 Å². The summed E-state index contributed by atoms with van der Waals surface area (Å²) in [5.74, 6) is 0. The largest absolute Gasteiger partial charge is 0.435 e. The maximum Gasteiger partial charge on any atom is 0.435 e. The molecule has 1 saturated heterocycles. The van der Waals surface area contributed by atoms with Crippen molar-refractivity contribution >= 4 is 17.5 Å². The molecule has 0 spiro atoms. The van der Waals surface area contributed by atoms with Crippen LogP contribution in [0.15, 0.2) is 17.4 Å². The molecule has 0 aromatic carbocycles. The molecule has 0 aliphatic carbocycles. The molecule has 24 heavy (non-hydrogen) atoms. The summed E-state index contributed by atoms with van der Waals surface area (Å²) in [4.78, 5) is 23.1. The molecule has 9 heteroatoms. The zero-order valence-corrected chi connectivity index (χ0v) is 13.7. The summed E-state index contributed by atoms with van der Waals surface area (Å²) in [6, 6.07) is 1.07.